The van der Waals surface area contributed by atoms with Crippen LogP contribution in [0, 0.1) is 62.6 Å². The van der Waals surface area contributed by atoms with Crippen molar-refractivity contribution in [1.29, 1.82) is 0 Å². The summed E-state index contributed by atoms with van der Waals surface area (Å²) in [6, 6.07) is 9.45. The molecule has 4 nitrogen and oxygen atoms in total. The molecule has 1 unspecified atom stereocenters. The Kier molecular flexibility index (Phi) is 6.04. The smallest absolute Gasteiger partial charge is 0.338 e. The Morgan fingerprint density at radius 2 is 1.56 bits per heavy atom. The first-order valence-electron chi connectivity index (χ1n) is 16.8. The van der Waals surface area contributed by atoms with E-state index in [2.05, 4.69) is 48.5 Å². The molecule has 2 bridgehead atoms. The van der Waals surface area contributed by atoms with Gasteiger partial charge in [0.25, 0.3) is 0 Å². The summed E-state index contributed by atoms with van der Waals surface area (Å²) in [6.07, 6.45) is 9.70. The van der Waals surface area contributed by atoms with Crippen molar-refractivity contribution in [2.45, 2.75) is 118 Å². The molecular formula is C37H52O4. The van der Waals surface area contributed by atoms with Crippen LogP contribution < -0.4 is 0 Å². The van der Waals surface area contributed by atoms with Crippen LogP contribution in [0.2, 0.25) is 0 Å². The van der Waals surface area contributed by atoms with Gasteiger partial charge in [0, 0.05) is 11.3 Å². The van der Waals surface area contributed by atoms with Crippen molar-refractivity contribution in [3.63, 3.8) is 0 Å². The summed E-state index contributed by atoms with van der Waals surface area (Å²) in [6.45, 7) is 17.4. The zero-order chi connectivity index (χ0) is 29.2. The molecule has 4 heteroatoms. The summed E-state index contributed by atoms with van der Waals surface area (Å²) < 4.78 is 12.9. The first kappa shape index (κ1) is 28.0. The molecule has 5 aliphatic carbocycles. The average Bonchev–Trinajstić information content (AvgIpc) is 2.93. The zero-order valence-corrected chi connectivity index (χ0v) is 26.5. The average molecular weight is 561 g/mol. The molecule has 7 rings (SSSR count). The fraction of sp³-hybridized carbons (Fsp3) is 0.784. The molecular weight excluding hydrogens is 508 g/mol. The highest BCUT2D eigenvalue weighted by molar-refractivity contribution is 5.89. The monoisotopic (exact) mass is 560 g/mol. The topological polar surface area (TPSA) is 52.6 Å². The van der Waals surface area contributed by atoms with Gasteiger partial charge in [-0.25, -0.2) is 4.79 Å². The van der Waals surface area contributed by atoms with E-state index in [0.717, 1.165) is 44.9 Å². The number of ether oxygens (including phenoxy) is 2. The Labute approximate surface area is 247 Å². The van der Waals surface area contributed by atoms with Crippen molar-refractivity contribution in [1.82, 2.24) is 0 Å². The third-order valence-electron chi connectivity index (χ3n) is 15.4. The van der Waals surface area contributed by atoms with E-state index in [9.17, 15) is 9.59 Å². The van der Waals surface area contributed by atoms with Gasteiger partial charge in [0.05, 0.1) is 11.0 Å². The third kappa shape index (κ3) is 3.46. The van der Waals surface area contributed by atoms with Crippen LogP contribution in [0.5, 0.6) is 0 Å². The SMILES string of the molecule is CC1[C@H](C)CC[C@@]23CC[C@]4(C)[C@@H]([C@@H](C[C@@H]5[C@@]6(C)CC[C@@H](OC(=O)c7ccccc7)C(C)(C)[C@@H]6CC[C@]54C)OC2=O)[C@H]13. The minimum absolute atomic E-state index is 0.0454. The van der Waals surface area contributed by atoms with E-state index >= 15 is 0 Å². The molecule has 12 atom stereocenters. The summed E-state index contributed by atoms with van der Waals surface area (Å²) in [4.78, 5) is 27.0. The highest BCUT2D eigenvalue weighted by atomic mass is 16.6. The number of hydrogen-bond donors (Lipinski definition) is 0. The van der Waals surface area contributed by atoms with Crippen LogP contribution in [0.15, 0.2) is 30.3 Å². The normalized spacial score (nSPS) is 51.3. The second-order valence-electron chi connectivity index (χ2n) is 16.9. The minimum Gasteiger partial charge on any atom is -0.462 e. The molecule has 1 aromatic rings. The van der Waals surface area contributed by atoms with Gasteiger partial charge < -0.3 is 9.47 Å². The van der Waals surface area contributed by atoms with Crippen molar-refractivity contribution in [3.8, 4) is 0 Å². The molecule has 6 fully saturated rings. The predicted octanol–water partition coefficient (Wildman–Crippen LogP) is 8.48. The number of rotatable bonds is 2. The van der Waals surface area contributed by atoms with E-state index in [1.54, 1.807) is 0 Å². The molecule has 1 heterocycles. The summed E-state index contributed by atoms with van der Waals surface area (Å²) in [5, 5.41) is 0. The standard InChI is InChI=1S/C37H52O4/c1-22-13-18-37-20-19-36(7)30(29(37)23(22)2)25(40-32(37)39)21-27-34(5)16-15-28(41-31(38)24-11-9-8-10-12-24)33(3,4)26(34)14-17-35(27,36)6/h8-12,22-23,25-30H,13-21H2,1-7H3/t22-,23?,25-,26+,27-,28-,29+,30+,34+,35-,36-,37+/m1/s1. The summed E-state index contributed by atoms with van der Waals surface area (Å²) in [5.74, 6) is 3.10. The molecule has 1 aliphatic heterocycles. The van der Waals surface area contributed by atoms with Gasteiger partial charge in [-0.15, -0.1) is 0 Å². The second kappa shape index (κ2) is 8.85. The number of hydrogen-bond acceptors (Lipinski definition) is 4. The fourth-order valence-electron chi connectivity index (χ4n) is 12.9. The highest BCUT2D eigenvalue weighted by Gasteiger charge is 2.76. The Morgan fingerprint density at radius 1 is 0.829 bits per heavy atom. The van der Waals surface area contributed by atoms with E-state index < -0.39 is 0 Å². The molecule has 6 aliphatic rings. The maximum absolute atomic E-state index is 13.9. The first-order valence-corrected chi connectivity index (χ1v) is 16.8. The van der Waals surface area contributed by atoms with Crippen LogP contribution in [0.4, 0.5) is 0 Å². The lowest BCUT2D eigenvalue weighted by atomic mass is 9.30. The zero-order valence-electron chi connectivity index (χ0n) is 26.5. The van der Waals surface area contributed by atoms with Gasteiger partial charge in [-0.2, -0.15) is 0 Å². The van der Waals surface area contributed by atoms with Crippen LogP contribution in [0.25, 0.3) is 0 Å². The Bertz CT molecular complexity index is 1240. The van der Waals surface area contributed by atoms with Crippen LogP contribution in [-0.4, -0.2) is 24.1 Å². The van der Waals surface area contributed by atoms with Gasteiger partial charge >= 0.3 is 11.9 Å². The molecule has 41 heavy (non-hydrogen) atoms. The lowest BCUT2D eigenvalue weighted by Gasteiger charge is -2.76. The maximum atomic E-state index is 13.9. The Balaban J connectivity index is 1.22. The minimum atomic E-state index is -0.237. The Morgan fingerprint density at radius 3 is 2.29 bits per heavy atom. The van der Waals surface area contributed by atoms with Crippen molar-refractivity contribution < 1.29 is 19.1 Å². The van der Waals surface area contributed by atoms with E-state index in [-0.39, 0.29) is 51.2 Å². The number of esters is 2. The van der Waals surface area contributed by atoms with E-state index in [1.807, 2.05) is 30.3 Å². The number of benzene rings is 1. The van der Waals surface area contributed by atoms with E-state index in [0.29, 0.717) is 41.1 Å². The highest BCUT2D eigenvalue weighted by Crippen LogP contribution is 2.78. The van der Waals surface area contributed by atoms with Crippen LogP contribution in [-0.2, 0) is 14.3 Å². The number of carbonyl (C=O) groups excluding carboxylic acids is 2. The molecule has 224 valence electrons. The van der Waals surface area contributed by atoms with Gasteiger partial charge in [0.15, 0.2) is 0 Å². The first-order chi connectivity index (χ1) is 19.3. The number of carbonyl (C=O) groups is 2. The molecule has 0 aromatic heterocycles. The maximum Gasteiger partial charge on any atom is 0.338 e. The van der Waals surface area contributed by atoms with E-state index in [4.69, 9.17) is 9.47 Å². The van der Waals surface area contributed by atoms with Gasteiger partial charge in [-0.3, -0.25) is 4.79 Å². The van der Waals surface area contributed by atoms with Gasteiger partial charge in [0.2, 0.25) is 0 Å². The van der Waals surface area contributed by atoms with Crippen molar-refractivity contribution in [2.75, 3.05) is 0 Å². The summed E-state index contributed by atoms with van der Waals surface area (Å²) in [7, 11) is 0. The number of fused-ring (bicyclic) bond motifs is 4. The van der Waals surface area contributed by atoms with Gasteiger partial charge in [-0.1, -0.05) is 66.7 Å². The fourth-order valence-corrected chi connectivity index (χ4v) is 12.9. The Hall–Kier alpha value is -1.84. The molecule has 0 spiro atoms. The second-order valence-corrected chi connectivity index (χ2v) is 16.9. The van der Waals surface area contributed by atoms with Crippen LogP contribution in [0.3, 0.4) is 0 Å². The van der Waals surface area contributed by atoms with Gasteiger partial charge in [-0.05, 0) is 116 Å². The largest absolute Gasteiger partial charge is 0.462 e. The lowest BCUT2D eigenvalue weighted by Crippen LogP contribution is -2.73. The quantitative estimate of drug-likeness (QED) is 0.340. The van der Waals surface area contributed by atoms with Crippen LogP contribution in [0.1, 0.15) is 117 Å². The van der Waals surface area contributed by atoms with Crippen molar-refractivity contribution >= 4 is 11.9 Å². The molecule has 5 saturated carbocycles. The van der Waals surface area contributed by atoms with Gasteiger partial charge in [0.1, 0.15) is 12.2 Å². The summed E-state index contributed by atoms with van der Waals surface area (Å²) in [5.41, 5.74) is 0.811. The van der Waals surface area contributed by atoms with E-state index in [1.165, 1.54) is 12.8 Å². The van der Waals surface area contributed by atoms with Crippen molar-refractivity contribution in [2.24, 2.45) is 62.6 Å². The third-order valence-corrected chi connectivity index (χ3v) is 15.4. The molecule has 1 aromatic carbocycles. The lowest BCUT2D eigenvalue weighted by molar-refractivity contribution is -0.305. The molecule has 0 amide bonds. The molecule has 0 N–H and O–H groups in total. The molecule has 0 radical (unpaired) electrons. The van der Waals surface area contributed by atoms with Crippen LogP contribution >= 0.6 is 0 Å². The van der Waals surface area contributed by atoms with Crippen molar-refractivity contribution in [3.05, 3.63) is 35.9 Å². The molecule has 1 saturated heterocycles. The predicted molar refractivity (Wildman–Crippen MR) is 160 cm³/mol. The summed E-state index contributed by atoms with van der Waals surface area (Å²) >= 11 is 0.